The molecular weight excluding hydrogens is 350 g/mol. The quantitative estimate of drug-likeness (QED) is 0.834. The van der Waals surface area contributed by atoms with Crippen LogP contribution in [0.25, 0.3) is 0 Å². The lowest BCUT2D eigenvalue weighted by Crippen LogP contribution is -2.33. The molecule has 3 heterocycles. The van der Waals surface area contributed by atoms with Gasteiger partial charge in [0.15, 0.2) is 5.78 Å². The number of nitrogen functional groups attached to an aromatic ring is 1. The van der Waals surface area contributed by atoms with E-state index >= 15 is 0 Å². The van der Waals surface area contributed by atoms with Gasteiger partial charge in [-0.1, -0.05) is 30.3 Å². The number of nitrogens with two attached hydrogens (primary N) is 1. The number of anilines is 3. The number of hydrogen-bond acceptors (Lipinski definition) is 6. The van der Waals surface area contributed by atoms with Crippen molar-refractivity contribution in [2.24, 2.45) is 0 Å². The first-order chi connectivity index (χ1) is 13.7. The molecular formula is C22H25N5O. The van der Waals surface area contributed by atoms with Gasteiger partial charge in [0.1, 0.15) is 11.6 Å². The van der Waals surface area contributed by atoms with Gasteiger partial charge in [0.25, 0.3) is 0 Å². The highest BCUT2D eigenvalue weighted by molar-refractivity contribution is 6.01. The van der Waals surface area contributed by atoms with Crippen LogP contribution in [0.3, 0.4) is 0 Å². The van der Waals surface area contributed by atoms with Gasteiger partial charge in [-0.15, -0.1) is 0 Å². The number of Topliss-reactive ketones (excluding diaryl/α,β-unsaturated/α-hetero) is 1. The Morgan fingerprint density at radius 3 is 2.57 bits per heavy atom. The van der Waals surface area contributed by atoms with Gasteiger partial charge in [0.2, 0.25) is 5.95 Å². The number of hydrogen-bond donors (Lipinski definition) is 2. The van der Waals surface area contributed by atoms with Crippen molar-refractivity contribution < 1.29 is 4.79 Å². The zero-order valence-electron chi connectivity index (χ0n) is 15.9. The van der Waals surface area contributed by atoms with Crippen LogP contribution in [0.15, 0.2) is 41.6 Å². The van der Waals surface area contributed by atoms with E-state index in [4.69, 9.17) is 10.7 Å². The topological polar surface area (TPSA) is 84.1 Å². The normalized spacial score (nSPS) is 21.8. The van der Waals surface area contributed by atoms with Crippen molar-refractivity contribution >= 4 is 23.4 Å². The highest BCUT2D eigenvalue weighted by atomic mass is 16.1. The summed E-state index contributed by atoms with van der Waals surface area (Å²) in [6.45, 7) is 1.93. The van der Waals surface area contributed by atoms with E-state index in [9.17, 15) is 4.79 Å². The average Bonchev–Trinajstić information content (AvgIpc) is 2.73. The molecule has 144 valence electrons. The number of carbonyl (C=O) groups excluding carboxylic acids is 1. The second-order valence-electron chi connectivity index (χ2n) is 7.86. The highest BCUT2D eigenvalue weighted by Gasteiger charge is 2.38. The van der Waals surface area contributed by atoms with Crippen LogP contribution in [-0.4, -0.2) is 28.8 Å². The molecule has 1 aliphatic carbocycles. The van der Waals surface area contributed by atoms with Crippen molar-refractivity contribution in [3.8, 4) is 0 Å². The predicted octanol–water partition coefficient (Wildman–Crippen LogP) is 3.61. The molecule has 0 amide bonds. The van der Waals surface area contributed by atoms with Gasteiger partial charge in [-0.25, -0.2) is 0 Å². The number of aromatic nitrogens is 2. The first-order valence-electron chi connectivity index (χ1n) is 10.2. The van der Waals surface area contributed by atoms with Crippen molar-refractivity contribution in [3.05, 3.63) is 52.7 Å². The average molecular weight is 375 g/mol. The second-order valence-corrected chi connectivity index (χ2v) is 7.86. The molecule has 0 spiro atoms. The molecule has 0 radical (unpaired) electrons. The molecule has 2 aliphatic heterocycles. The van der Waals surface area contributed by atoms with Crippen molar-refractivity contribution in [1.29, 1.82) is 0 Å². The third kappa shape index (κ3) is 2.84. The second kappa shape index (κ2) is 6.93. The van der Waals surface area contributed by atoms with E-state index in [2.05, 4.69) is 27.3 Å². The SMILES string of the molecule is Nc1nc(N2CCCCC2)nc2c1[C@@H](c1ccccc1)C1=C(CCCC1=O)N2. The molecule has 0 bridgehead atoms. The van der Waals surface area contributed by atoms with Crippen LogP contribution >= 0.6 is 0 Å². The maximum Gasteiger partial charge on any atom is 0.229 e. The summed E-state index contributed by atoms with van der Waals surface area (Å²) in [5.41, 5.74) is 10.2. The lowest BCUT2D eigenvalue weighted by molar-refractivity contribution is -0.116. The van der Waals surface area contributed by atoms with Crippen LogP contribution in [0.4, 0.5) is 17.6 Å². The third-order valence-electron chi connectivity index (χ3n) is 6.04. The number of nitrogens with one attached hydrogen (secondary N) is 1. The third-order valence-corrected chi connectivity index (χ3v) is 6.04. The summed E-state index contributed by atoms with van der Waals surface area (Å²) >= 11 is 0. The molecule has 3 N–H and O–H groups in total. The number of nitrogens with zero attached hydrogens (tertiary/aromatic N) is 3. The summed E-state index contributed by atoms with van der Waals surface area (Å²) < 4.78 is 0. The van der Waals surface area contributed by atoms with Crippen LogP contribution in [0.2, 0.25) is 0 Å². The molecule has 1 fully saturated rings. The van der Waals surface area contributed by atoms with Crippen LogP contribution in [0, 0.1) is 0 Å². The Morgan fingerprint density at radius 1 is 1.00 bits per heavy atom. The van der Waals surface area contributed by atoms with Crippen molar-refractivity contribution in [2.75, 3.05) is 29.0 Å². The minimum atomic E-state index is -0.198. The molecule has 1 atom stereocenters. The molecule has 1 aromatic carbocycles. The van der Waals surface area contributed by atoms with E-state index < -0.39 is 0 Å². The molecule has 0 unspecified atom stereocenters. The number of ketones is 1. The molecule has 1 aromatic heterocycles. The first-order valence-corrected chi connectivity index (χ1v) is 10.2. The van der Waals surface area contributed by atoms with Gasteiger partial charge in [0, 0.05) is 42.3 Å². The van der Waals surface area contributed by atoms with E-state index in [1.807, 2.05) is 18.2 Å². The fourth-order valence-corrected chi connectivity index (χ4v) is 4.68. The molecule has 6 nitrogen and oxygen atoms in total. The Hall–Kier alpha value is -2.89. The number of rotatable bonds is 2. The maximum atomic E-state index is 12.9. The fraction of sp³-hybridized carbons (Fsp3) is 0.409. The van der Waals surface area contributed by atoms with Crippen LogP contribution in [0.5, 0.6) is 0 Å². The fourth-order valence-electron chi connectivity index (χ4n) is 4.68. The van der Waals surface area contributed by atoms with Crippen LogP contribution < -0.4 is 16.0 Å². The lowest BCUT2D eigenvalue weighted by Gasteiger charge is -2.35. The number of allylic oxidation sites excluding steroid dienone is 2. The largest absolute Gasteiger partial charge is 0.383 e. The molecule has 6 heteroatoms. The molecule has 3 aliphatic rings. The number of benzene rings is 1. The van der Waals surface area contributed by atoms with Gasteiger partial charge in [-0.05, 0) is 37.7 Å². The predicted molar refractivity (Wildman–Crippen MR) is 110 cm³/mol. The zero-order chi connectivity index (χ0) is 19.1. The lowest BCUT2D eigenvalue weighted by atomic mass is 9.76. The zero-order valence-corrected chi connectivity index (χ0v) is 15.9. The van der Waals surface area contributed by atoms with Crippen molar-refractivity contribution in [1.82, 2.24) is 9.97 Å². The maximum absolute atomic E-state index is 12.9. The summed E-state index contributed by atoms with van der Waals surface area (Å²) in [4.78, 5) is 24.6. The van der Waals surface area contributed by atoms with Crippen LogP contribution in [0.1, 0.15) is 55.6 Å². The summed E-state index contributed by atoms with van der Waals surface area (Å²) in [5, 5.41) is 3.45. The van der Waals surface area contributed by atoms with Crippen LogP contribution in [-0.2, 0) is 4.79 Å². The van der Waals surface area contributed by atoms with Gasteiger partial charge in [-0.2, -0.15) is 9.97 Å². The summed E-state index contributed by atoms with van der Waals surface area (Å²) in [7, 11) is 0. The Bertz CT molecular complexity index is 947. The molecule has 2 aromatic rings. The van der Waals surface area contributed by atoms with Gasteiger partial charge in [0.05, 0.1) is 0 Å². The number of piperidine rings is 1. The number of fused-ring (bicyclic) bond motifs is 1. The summed E-state index contributed by atoms with van der Waals surface area (Å²) in [6, 6.07) is 10.1. The van der Waals surface area contributed by atoms with Gasteiger partial charge >= 0.3 is 0 Å². The Balaban J connectivity index is 1.66. The van der Waals surface area contributed by atoms with Gasteiger partial charge < -0.3 is 16.0 Å². The summed E-state index contributed by atoms with van der Waals surface area (Å²) in [5.74, 6) is 1.93. The molecule has 0 saturated carbocycles. The minimum absolute atomic E-state index is 0.198. The number of carbonyl (C=O) groups is 1. The smallest absolute Gasteiger partial charge is 0.229 e. The molecule has 5 rings (SSSR count). The van der Waals surface area contributed by atoms with E-state index in [0.717, 1.165) is 67.0 Å². The van der Waals surface area contributed by atoms with E-state index in [0.29, 0.717) is 18.2 Å². The molecule has 1 saturated heterocycles. The Morgan fingerprint density at radius 2 is 1.79 bits per heavy atom. The standard InChI is InChI=1S/C22H25N5O/c23-20-19-17(14-8-3-1-4-9-14)18-15(10-7-11-16(18)28)24-21(19)26-22(25-20)27-12-5-2-6-13-27/h1,3-4,8-9,17H,2,5-7,10-13H2,(H3,23,24,25,26)/t17-/m0/s1. The molecule has 28 heavy (non-hydrogen) atoms. The van der Waals surface area contributed by atoms with Crippen molar-refractivity contribution in [3.63, 3.8) is 0 Å². The summed E-state index contributed by atoms with van der Waals surface area (Å²) in [6.07, 6.45) is 5.90. The Labute approximate surface area is 164 Å². The highest BCUT2D eigenvalue weighted by Crippen LogP contribution is 2.46. The van der Waals surface area contributed by atoms with E-state index in [1.54, 1.807) is 0 Å². The first kappa shape index (κ1) is 17.2. The van der Waals surface area contributed by atoms with E-state index in [-0.39, 0.29) is 11.7 Å². The minimum Gasteiger partial charge on any atom is -0.383 e. The van der Waals surface area contributed by atoms with E-state index in [1.165, 1.54) is 6.42 Å². The monoisotopic (exact) mass is 375 g/mol. The Kier molecular flexibility index (Phi) is 4.26. The van der Waals surface area contributed by atoms with Crippen molar-refractivity contribution in [2.45, 2.75) is 44.4 Å². The van der Waals surface area contributed by atoms with Gasteiger partial charge in [-0.3, -0.25) is 4.79 Å².